The van der Waals surface area contributed by atoms with Crippen molar-refractivity contribution >= 4 is 34.4 Å². The predicted octanol–water partition coefficient (Wildman–Crippen LogP) is 3.10. The van der Waals surface area contributed by atoms with Gasteiger partial charge < -0.3 is 19.9 Å². The molecule has 1 aromatic heterocycles. The minimum absolute atomic E-state index is 0. The Morgan fingerprint density at radius 2 is 1.73 bits per heavy atom. The summed E-state index contributed by atoms with van der Waals surface area (Å²) >= 11 is 0. The number of amides is 1. The van der Waals surface area contributed by atoms with Gasteiger partial charge in [0.05, 0.1) is 17.9 Å². The third kappa shape index (κ3) is 4.78. The van der Waals surface area contributed by atoms with Gasteiger partial charge in [-0.2, -0.15) is 4.68 Å². The number of benzene rings is 3. The van der Waals surface area contributed by atoms with Crippen molar-refractivity contribution in [3.63, 3.8) is 0 Å². The summed E-state index contributed by atoms with van der Waals surface area (Å²) in [5.74, 6) is -1.26. The molecule has 9 nitrogen and oxygen atoms in total. The first kappa shape index (κ1) is 23.3. The number of hydrogen-bond donors (Lipinski definition) is 1. The van der Waals surface area contributed by atoms with E-state index in [1.165, 1.54) is 4.68 Å². The van der Waals surface area contributed by atoms with Crippen molar-refractivity contribution in [2.24, 2.45) is 0 Å². The Morgan fingerprint density at radius 1 is 1.00 bits per heavy atom. The van der Waals surface area contributed by atoms with Crippen LogP contribution in [0.15, 0.2) is 82.0 Å². The Balaban J connectivity index is 0.00000306. The topological polar surface area (TPSA) is 125 Å². The Bertz CT molecular complexity index is 1340. The van der Waals surface area contributed by atoms with E-state index in [0.717, 1.165) is 0 Å². The molecular weight excluding hydrogens is 426 g/mol. The number of nitrogens with one attached hydrogen (secondary N) is 1. The third-order valence-corrected chi connectivity index (χ3v) is 4.90. The molecule has 33 heavy (non-hydrogen) atoms. The fraction of sp³-hybridized carbons (Fsp3) is 0.125. The van der Waals surface area contributed by atoms with Crippen molar-refractivity contribution in [2.45, 2.75) is 6.92 Å². The first-order valence-electron chi connectivity index (χ1n) is 10.0. The fourth-order valence-corrected chi connectivity index (χ4v) is 3.31. The van der Waals surface area contributed by atoms with Crippen molar-refractivity contribution in [1.29, 1.82) is 0 Å². The van der Waals surface area contributed by atoms with Crippen molar-refractivity contribution in [3.05, 3.63) is 94.5 Å². The fourth-order valence-electron chi connectivity index (χ4n) is 3.31. The summed E-state index contributed by atoms with van der Waals surface area (Å²) in [5.41, 5.74) is 3.08. The zero-order chi connectivity index (χ0) is 22.7. The molecular formula is C24H23N3O6. The molecule has 0 bridgehead atoms. The van der Waals surface area contributed by atoms with Crippen LogP contribution in [0.4, 0.5) is 11.4 Å². The van der Waals surface area contributed by atoms with E-state index in [-0.39, 0.29) is 11.4 Å². The number of oxazole rings is 1. The molecule has 0 aliphatic heterocycles. The van der Waals surface area contributed by atoms with Gasteiger partial charge in [-0.15, -0.1) is 0 Å². The second-order valence-corrected chi connectivity index (χ2v) is 6.97. The maximum absolute atomic E-state index is 12.8. The molecule has 4 rings (SSSR count). The lowest BCUT2D eigenvalue weighted by molar-refractivity contribution is 0.0526. The average molecular weight is 449 g/mol. The SMILES string of the molecule is CCOC(=O)c1ccc(NC(=O)c2cccc(N(C)n3c(=O)oc4ccccc43)c2)cc1.O. The monoisotopic (exact) mass is 449 g/mol. The number of anilines is 2. The van der Waals surface area contributed by atoms with Crippen LogP contribution in [0.25, 0.3) is 11.1 Å². The van der Waals surface area contributed by atoms with Gasteiger partial charge in [-0.3, -0.25) is 9.80 Å². The Hall–Kier alpha value is -4.37. The number of nitrogens with zero attached hydrogens (tertiary/aromatic N) is 2. The molecule has 0 radical (unpaired) electrons. The highest BCUT2D eigenvalue weighted by Crippen LogP contribution is 2.20. The van der Waals surface area contributed by atoms with E-state index < -0.39 is 11.7 Å². The maximum Gasteiger partial charge on any atom is 0.439 e. The second-order valence-electron chi connectivity index (χ2n) is 6.97. The van der Waals surface area contributed by atoms with Gasteiger partial charge in [-0.1, -0.05) is 18.2 Å². The molecule has 3 N–H and O–H groups in total. The van der Waals surface area contributed by atoms with Crippen molar-refractivity contribution in [3.8, 4) is 0 Å². The van der Waals surface area contributed by atoms with Gasteiger partial charge in [0.2, 0.25) is 0 Å². The molecule has 0 unspecified atom stereocenters. The number of fused-ring (bicyclic) bond motifs is 1. The van der Waals surface area contributed by atoms with Crippen LogP contribution < -0.4 is 16.1 Å². The highest BCUT2D eigenvalue weighted by molar-refractivity contribution is 6.05. The van der Waals surface area contributed by atoms with Crippen LogP contribution in [0.5, 0.6) is 0 Å². The van der Waals surface area contributed by atoms with Crippen LogP contribution in [0.2, 0.25) is 0 Å². The number of carbonyl (C=O) groups excluding carboxylic acids is 2. The second kappa shape index (κ2) is 9.84. The number of ether oxygens (including phenoxy) is 1. The molecule has 0 aliphatic carbocycles. The number of rotatable bonds is 6. The summed E-state index contributed by atoms with van der Waals surface area (Å²) in [6.07, 6.45) is 0. The van der Waals surface area contributed by atoms with E-state index in [9.17, 15) is 14.4 Å². The summed E-state index contributed by atoms with van der Waals surface area (Å²) in [6.45, 7) is 2.03. The number of para-hydroxylation sites is 2. The van der Waals surface area contributed by atoms with Crippen LogP contribution >= 0.6 is 0 Å². The van der Waals surface area contributed by atoms with Crippen LogP contribution in [0.1, 0.15) is 27.6 Å². The standard InChI is InChI=1S/C24H21N3O5.H2O/c1-3-31-23(29)16-11-13-18(14-12-16)25-22(28)17-7-6-8-19(15-17)26(2)27-20-9-4-5-10-21(20)32-24(27)30;/h4-15H,3H2,1-2H3,(H,25,28);1H2. The van der Waals surface area contributed by atoms with E-state index in [1.54, 1.807) is 85.7 Å². The first-order valence-corrected chi connectivity index (χ1v) is 10.0. The Kier molecular flexibility index (Phi) is 6.94. The molecule has 1 heterocycles. The average Bonchev–Trinajstić information content (AvgIpc) is 3.15. The third-order valence-electron chi connectivity index (χ3n) is 4.90. The van der Waals surface area contributed by atoms with E-state index in [0.29, 0.717) is 40.2 Å². The van der Waals surface area contributed by atoms with Crippen molar-refractivity contribution in [2.75, 3.05) is 24.0 Å². The van der Waals surface area contributed by atoms with Crippen molar-refractivity contribution in [1.82, 2.24) is 4.68 Å². The zero-order valence-corrected chi connectivity index (χ0v) is 18.1. The van der Waals surface area contributed by atoms with Gasteiger partial charge >= 0.3 is 11.7 Å². The summed E-state index contributed by atoms with van der Waals surface area (Å²) in [4.78, 5) is 36.9. The molecule has 0 fully saturated rings. The minimum atomic E-state index is -0.523. The van der Waals surface area contributed by atoms with Crippen LogP contribution in [0, 0.1) is 0 Å². The molecule has 0 aliphatic rings. The minimum Gasteiger partial charge on any atom is -0.462 e. The number of aromatic nitrogens is 1. The lowest BCUT2D eigenvalue weighted by atomic mass is 10.1. The number of carbonyl (C=O) groups is 2. The van der Waals surface area contributed by atoms with E-state index >= 15 is 0 Å². The van der Waals surface area contributed by atoms with Gasteiger partial charge in [0, 0.05) is 18.3 Å². The molecule has 0 atom stereocenters. The maximum atomic E-state index is 12.8. The van der Waals surface area contributed by atoms with E-state index in [1.807, 2.05) is 6.07 Å². The highest BCUT2D eigenvalue weighted by Gasteiger charge is 2.15. The van der Waals surface area contributed by atoms with Gasteiger partial charge in [-0.05, 0) is 61.5 Å². The zero-order valence-electron chi connectivity index (χ0n) is 18.1. The summed E-state index contributed by atoms with van der Waals surface area (Å²) in [6, 6.07) is 20.4. The van der Waals surface area contributed by atoms with Crippen LogP contribution in [-0.2, 0) is 4.74 Å². The predicted molar refractivity (Wildman–Crippen MR) is 125 cm³/mol. The largest absolute Gasteiger partial charge is 0.462 e. The quantitative estimate of drug-likeness (QED) is 0.451. The van der Waals surface area contributed by atoms with Crippen LogP contribution in [0.3, 0.4) is 0 Å². The molecule has 3 aromatic carbocycles. The van der Waals surface area contributed by atoms with Gasteiger partial charge in [0.25, 0.3) is 5.91 Å². The Morgan fingerprint density at radius 3 is 2.45 bits per heavy atom. The summed E-state index contributed by atoms with van der Waals surface area (Å²) < 4.78 is 11.7. The van der Waals surface area contributed by atoms with Gasteiger partial charge in [0.1, 0.15) is 5.52 Å². The number of hydrogen-bond acceptors (Lipinski definition) is 6. The van der Waals surface area contributed by atoms with Crippen LogP contribution in [-0.4, -0.2) is 35.7 Å². The Labute approximate surface area is 189 Å². The summed E-state index contributed by atoms with van der Waals surface area (Å²) in [7, 11) is 1.72. The number of esters is 1. The smallest absolute Gasteiger partial charge is 0.439 e. The van der Waals surface area contributed by atoms with Crippen molar-refractivity contribution < 1.29 is 24.2 Å². The molecule has 170 valence electrons. The summed E-state index contributed by atoms with van der Waals surface area (Å²) in [5, 5.41) is 4.43. The molecule has 0 saturated heterocycles. The van der Waals surface area contributed by atoms with E-state index in [2.05, 4.69) is 5.32 Å². The van der Waals surface area contributed by atoms with E-state index in [4.69, 9.17) is 9.15 Å². The van der Waals surface area contributed by atoms with Gasteiger partial charge in [0.15, 0.2) is 5.58 Å². The molecule has 0 spiro atoms. The van der Waals surface area contributed by atoms with Gasteiger partial charge in [-0.25, -0.2) is 9.59 Å². The molecule has 4 aromatic rings. The normalized spacial score (nSPS) is 10.4. The lowest BCUT2D eigenvalue weighted by Crippen LogP contribution is -2.32. The first-order chi connectivity index (χ1) is 15.5. The molecule has 1 amide bonds. The molecule has 9 heteroatoms. The lowest BCUT2D eigenvalue weighted by Gasteiger charge is -2.20. The highest BCUT2D eigenvalue weighted by atomic mass is 16.5. The molecule has 0 saturated carbocycles.